The molecular weight excluding hydrogens is 314 g/mol. The van der Waals surface area contributed by atoms with E-state index in [-0.39, 0.29) is 5.56 Å². The number of aromatic nitrogens is 3. The lowest BCUT2D eigenvalue weighted by atomic mass is 10.1. The molecule has 3 aromatic rings. The average Bonchev–Trinajstić information content (AvgIpc) is 2.64. The molecule has 0 radical (unpaired) electrons. The molecule has 1 aromatic carbocycles. The van der Waals surface area contributed by atoms with E-state index in [1.807, 2.05) is 12.1 Å². The number of methoxy groups -OCH3 is 1. The summed E-state index contributed by atoms with van der Waals surface area (Å²) in [5.41, 5.74) is 3.84. The van der Waals surface area contributed by atoms with Gasteiger partial charge < -0.3 is 9.30 Å². The van der Waals surface area contributed by atoms with Crippen molar-refractivity contribution in [3.63, 3.8) is 0 Å². The van der Waals surface area contributed by atoms with Crippen molar-refractivity contribution in [2.24, 2.45) is 7.05 Å². The van der Waals surface area contributed by atoms with Gasteiger partial charge in [-0.2, -0.15) is 4.98 Å². The van der Waals surface area contributed by atoms with E-state index in [4.69, 9.17) is 4.74 Å². The van der Waals surface area contributed by atoms with Gasteiger partial charge in [0.15, 0.2) is 0 Å². The van der Waals surface area contributed by atoms with E-state index in [1.54, 1.807) is 37.1 Å². The van der Waals surface area contributed by atoms with Gasteiger partial charge in [0.1, 0.15) is 0 Å². The van der Waals surface area contributed by atoms with Crippen LogP contribution in [0.25, 0.3) is 11.3 Å². The van der Waals surface area contributed by atoms with Crippen LogP contribution < -0.4 is 10.3 Å². The lowest BCUT2D eigenvalue weighted by molar-refractivity contribution is 0.378. The number of rotatable bonds is 6. The third kappa shape index (κ3) is 4.32. The average molecular weight is 335 g/mol. The first kappa shape index (κ1) is 16.9. The molecule has 2 aromatic heterocycles. The molecule has 3 rings (SSSR count). The summed E-state index contributed by atoms with van der Waals surface area (Å²) >= 11 is 0. The highest BCUT2D eigenvalue weighted by Crippen LogP contribution is 2.20. The zero-order chi connectivity index (χ0) is 17.6. The van der Waals surface area contributed by atoms with Crippen LogP contribution in [0, 0.1) is 0 Å². The molecule has 2 heterocycles. The van der Waals surface area contributed by atoms with Gasteiger partial charge in [0.25, 0.3) is 0 Å². The van der Waals surface area contributed by atoms with E-state index in [9.17, 15) is 4.79 Å². The minimum atomic E-state index is -0.0483. The Kier molecular flexibility index (Phi) is 5.23. The Morgan fingerprint density at radius 2 is 1.84 bits per heavy atom. The molecule has 0 N–H and O–H groups in total. The zero-order valence-corrected chi connectivity index (χ0v) is 14.5. The van der Waals surface area contributed by atoms with Crippen LogP contribution in [0.2, 0.25) is 0 Å². The maximum Gasteiger partial charge on any atom is 0.316 e. The van der Waals surface area contributed by atoms with E-state index in [1.165, 1.54) is 5.56 Å². The summed E-state index contributed by atoms with van der Waals surface area (Å²) < 4.78 is 6.79. The molecule has 25 heavy (non-hydrogen) atoms. The summed E-state index contributed by atoms with van der Waals surface area (Å²) in [6, 6.07) is 16.0. The maximum absolute atomic E-state index is 11.6. The zero-order valence-electron chi connectivity index (χ0n) is 14.5. The molecule has 0 saturated heterocycles. The molecule has 0 bridgehead atoms. The monoisotopic (exact) mass is 335 g/mol. The largest absolute Gasteiger partial charge is 0.467 e. The predicted octanol–water partition coefficient (Wildman–Crippen LogP) is 3.03. The molecule has 128 valence electrons. The Morgan fingerprint density at radius 3 is 2.56 bits per heavy atom. The van der Waals surface area contributed by atoms with Gasteiger partial charge in [0, 0.05) is 30.6 Å². The number of nitrogens with zero attached hydrogens (tertiary/aromatic N) is 3. The molecule has 0 aliphatic rings. The third-order valence-corrected chi connectivity index (χ3v) is 4.06. The van der Waals surface area contributed by atoms with Crippen molar-refractivity contribution in [2.75, 3.05) is 7.11 Å². The Labute approximate surface area is 147 Å². The van der Waals surface area contributed by atoms with Crippen molar-refractivity contribution in [3.8, 4) is 17.3 Å². The van der Waals surface area contributed by atoms with Crippen molar-refractivity contribution in [3.05, 3.63) is 76.3 Å². The number of hydrogen-bond acceptors (Lipinski definition) is 4. The number of ether oxygens (including phenoxy) is 1. The quantitative estimate of drug-likeness (QED) is 0.695. The Bertz CT molecular complexity index is 904. The minimum Gasteiger partial charge on any atom is -0.467 e. The van der Waals surface area contributed by atoms with E-state index < -0.39 is 0 Å². The molecule has 0 fully saturated rings. The van der Waals surface area contributed by atoms with E-state index >= 15 is 0 Å². The summed E-state index contributed by atoms with van der Waals surface area (Å²) in [5.74, 6) is 0. The summed E-state index contributed by atoms with van der Waals surface area (Å²) in [5, 5.41) is 0. The standard InChI is InChI=1S/C20H21N3O2/c1-23-14-16(11-12-19(23)24)18-13-17(21-20(22-18)25-2)10-6-9-15-7-4-3-5-8-15/h3-5,7-8,11-14H,6,9-10H2,1-2H3. The molecule has 5 heteroatoms. The van der Waals surface area contributed by atoms with Crippen LogP contribution in [-0.2, 0) is 19.9 Å². The summed E-state index contributed by atoms with van der Waals surface area (Å²) in [6.07, 6.45) is 4.61. The minimum absolute atomic E-state index is 0.0483. The summed E-state index contributed by atoms with van der Waals surface area (Å²) in [6.45, 7) is 0. The van der Waals surface area contributed by atoms with Gasteiger partial charge in [0.2, 0.25) is 5.56 Å². The van der Waals surface area contributed by atoms with Crippen LogP contribution >= 0.6 is 0 Å². The number of pyridine rings is 1. The first-order valence-electron chi connectivity index (χ1n) is 8.28. The van der Waals surface area contributed by atoms with Gasteiger partial charge in [-0.1, -0.05) is 30.3 Å². The number of hydrogen-bond donors (Lipinski definition) is 0. The van der Waals surface area contributed by atoms with Crippen molar-refractivity contribution >= 4 is 0 Å². The Morgan fingerprint density at radius 1 is 1.04 bits per heavy atom. The summed E-state index contributed by atoms with van der Waals surface area (Å²) in [4.78, 5) is 20.4. The van der Waals surface area contributed by atoms with Gasteiger partial charge >= 0.3 is 6.01 Å². The molecule has 0 spiro atoms. The predicted molar refractivity (Wildman–Crippen MR) is 97.7 cm³/mol. The van der Waals surface area contributed by atoms with Crippen LogP contribution in [0.3, 0.4) is 0 Å². The highest BCUT2D eigenvalue weighted by Gasteiger charge is 2.08. The Balaban J connectivity index is 1.79. The van der Waals surface area contributed by atoms with Gasteiger partial charge in [-0.25, -0.2) is 4.98 Å². The molecule has 0 saturated carbocycles. The summed E-state index contributed by atoms with van der Waals surface area (Å²) in [7, 11) is 3.29. The molecule has 5 nitrogen and oxygen atoms in total. The van der Waals surface area contributed by atoms with Crippen molar-refractivity contribution in [1.29, 1.82) is 0 Å². The van der Waals surface area contributed by atoms with Gasteiger partial charge in [0.05, 0.1) is 12.8 Å². The van der Waals surface area contributed by atoms with Crippen LogP contribution in [0.1, 0.15) is 17.7 Å². The molecule has 0 aliphatic heterocycles. The first-order chi connectivity index (χ1) is 12.2. The second-order valence-corrected chi connectivity index (χ2v) is 5.94. The highest BCUT2D eigenvalue weighted by molar-refractivity contribution is 5.58. The lowest BCUT2D eigenvalue weighted by Gasteiger charge is -2.08. The second kappa shape index (κ2) is 7.75. The van der Waals surface area contributed by atoms with Crippen molar-refractivity contribution in [2.45, 2.75) is 19.3 Å². The van der Waals surface area contributed by atoms with Crippen LogP contribution in [0.5, 0.6) is 6.01 Å². The molecule has 0 amide bonds. The number of benzene rings is 1. The molecule has 0 aliphatic carbocycles. The van der Waals surface area contributed by atoms with Gasteiger partial charge in [-0.3, -0.25) is 4.79 Å². The number of aryl methyl sites for hydroxylation is 3. The highest BCUT2D eigenvalue weighted by atomic mass is 16.5. The fourth-order valence-corrected chi connectivity index (χ4v) is 2.70. The van der Waals surface area contributed by atoms with Gasteiger partial charge in [-0.15, -0.1) is 0 Å². The van der Waals surface area contributed by atoms with E-state index in [2.05, 4.69) is 34.2 Å². The van der Waals surface area contributed by atoms with Crippen molar-refractivity contribution in [1.82, 2.24) is 14.5 Å². The Hall–Kier alpha value is -2.95. The molecule has 0 unspecified atom stereocenters. The van der Waals surface area contributed by atoms with Crippen LogP contribution in [0.4, 0.5) is 0 Å². The van der Waals surface area contributed by atoms with E-state index in [0.29, 0.717) is 6.01 Å². The van der Waals surface area contributed by atoms with E-state index in [0.717, 1.165) is 36.2 Å². The smallest absolute Gasteiger partial charge is 0.316 e. The third-order valence-electron chi connectivity index (χ3n) is 4.06. The van der Waals surface area contributed by atoms with Gasteiger partial charge in [-0.05, 0) is 37.0 Å². The maximum atomic E-state index is 11.6. The van der Waals surface area contributed by atoms with Crippen LogP contribution in [0.15, 0.2) is 59.5 Å². The topological polar surface area (TPSA) is 57.0 Å². The lowest BCUT2D eigenvalue weighted by Crippen LogP contribution is -2.14. The molecular formula is C20H21N3O2. The van der Waals surface area contributed by atoms with Crippen LogP contribution in [-0.4, -0.2) is 21.6 Å². The first-order valence-corrected chi connectivity index (χ1v) is 8.28. The van der Waals surface area contributed by atoms with Crippen molar-refractivity contribution < 1.29 is 4.74 Å². The normalized spacial score (nSPS) is 10.6. The fraction of sp³-hybridized carbons (Fsp3) is 0.250. The second-order valence-electron chi connectivity index (χ2n) is 5.94. The SMILES string of the molecule is COc1nc(CCCc2ccccc2)cc(-c2ccc(=O)n(C)c2)n1. The fourth-order valence-electron chi connectivity index (χ4n) is 2.70. The molecule has 0 atom stereocenters.